The summed E-state index contributed by atoms with van der Waals surface area (Å²) in [4.78, 5) is 2.04. The zero-order valence-corrected chi connectivity index (χ0v) is 13.6. The second kappa shape index (κ2) is 7.20. The number of aliphatic hydroxyl groups is 1. The number of benzene rings is 1. The summed E-state index contributed by atoms with van der Waals surface area (Å²) in [7, 11) is 1.92. The van der Waals surface area contributed by atoms with Gasteiger partial charge in [0, 0.05) is 39.1 Å². The predicted octanol–water partition coefficient (Wildman–Crippen LogP) is 3.28. The van der Waals surface area contributed by atoms with Gasteiger partial charge in [0.2, 0.25) is 0 Å². The van der Waals surface area contributed by atoms with Gasteiger partial charge in [0.1, 0.15) is 0 Å². The summed E-state index contributed by atoms with van der Waals surface area (Å²) < 4.78 is 43.0. The van der Waals surface area contributed by atoms with Gasteiger partial charge in [-0.3, -0.25) is 0 Å². The number of likely N-dealkylation sites (N-methyl/N-ethyl adjacent to an activating group) is 1. The Morgan fingerprint density at radius 2 is 1.78 bits per heavy atom. The Morgan fingerprint density at radius 3 is 2.30 bits per heavy atom. The van der Waals surface area contributed by atoms with Crippen LogP contribution in [0.5, 0.6) is 0 Å². The van der Waals surface area contributed by atoms with E-state index in [0.29, 0.717) is 39.1 Å². The number of nitrogens with zero attached hydrogens (tertiary/aromatic N) is 1. The van der Waals surface area contributed by atoms with E-state index in [1.165, 1.54) is 12.1 Å². The summed E-state index contributed by atoms with van der Waals surface area (Å²) in [6, 6.07) is 5.31. The molecule has 6 heteroatoms. The molecule has 0 radical (unpaired) electrons. The number of hydrogen-bond acceptors (Lipinski definition) is 3. The molecule has 23 heavy (non-hydrogen) atoms. The quantitative estimate of drug-likeness (QED) is 0.899. The largest absolute Gasteiger partial charge is 0.416 e. The minimum Gasteiger partial charge on any atom is -0.388 e. The molecule has 0 aliphatic carbocycles. The molecule has 0 spiro atoms. The maximum Gasteiger partial charge on any atom is 0.416 e. The van der Waals surface area contributed by atoms with Crippen LogP contribution in [-0.2, 0) is 10.9 Å². The highest BCUT2D eigenvalue weighted by molar-refractivity contribution is 5.27. The number of rotatable bonds is 5. The third-order valence-electron chi connectivity index (χ3n) is 4.38. The van der Waals surface area contributed by atoms with Crippen LogP contribution in [-0.4, -0.2) is 49.0 Å². The van der Waals surface area contributed by atoms with Gasteiger partial charge in [0.05, 0.1) is 11.2 Å². The van der Waals surface area contributed by atoms with Crippen molar-refractivity contribution in [3.8, 4) is 0 Å². The minimum atomic E-state index is -4.30. The predicted molar refractivity (Wildman–Crippen MR) is 82.4 cm³/mol. The molecule has 130 valence electrons. The number of ether oxygens (including phenoxy) is 1. The lowest BCUT2D eigenvalue weighted by Crippen LogP contribution is -2.46. The molecule has 0 saturated carbocycles. The molecule has 2 rings (SSSR count). The van der Waals surface area contributed by atoms with Crippen molar-refractivity contribution in [2.45, 2.75) is 37.5 Å². The van der Waals surface area contributed by atoms with E-state index in [1.807, 2.05) is 18.9 Å². The third kappa shape index (κ3) is 5.19. The number of alkyl halides is 3. The Bertz CT molecular complexity index is 496. The van der Waals surface area contributed by atoms with Crippen LogP contribution in [0.3, 0.4) is 0 Å². The van der Waals surface area contributed by atoms with Crippen LogP contribution in [0.25, 0.3) is 0 Å². The maximum atomic E-state index is 12.6. The molecule has 0 bridgehead atoms. The molecule has 1 atom stereocenters. The van der Waals surface area contributed by atoms with Crippen molar-refractivity contribution in [1.29, 1.82) is 0 Å². The zero-order chi connectivity index (χ0) is 17.1. The SMILES string of the molecule is CC(CN(C)CC1(O)CCOCC1)c1ccc(C(F)(F)F)cc1. The second-order valence-electron chi connectivity index (χ2n) is 6.55. The third-order valence-corrected chi connectivity index (χ3v) is 4.38. The van der Waals surface area contributed by atoms with Gasteiger partial charge < -0.3 is 14.7 Å². The standard InChI is InChI=1S/C17H24F3NO2/c1-13(14-3-5-15(6-4-14)17(18,19)20)11-21(2)12-16(22)7-9-23-10-8-16/h3-6,13,22H,7-12H2,1-2H3. The topological polar surface area (TPSA) is 32.7 Å². The van der Waals surface area contributed by atoms with Crippen molar-refractivity contribution >= 4 is 0 Å². The fourth-order valence-electron chi connectivity index (χ4n) is 3.05. The lowest BCUT2D eigenvalue weighted by molar-refractivity contribution is -0.137. The van der Waals surface area contributed by atoms with E-state index in [2.05, 4.69) is 0 Å². The molecular weight excluding hydrogens is 307 g/mol. The lowest BCUT2D eigenvalue weighted by Gasteiger charge is -2.36. The average molecular weight is 331 g/mol. The van der Waals surface area contributed by atoms with Gasteiger partial charge in [-0.1, -0.05) is 19.1 Å². The van der Waals surface area contributed by atoms with E-state index in [4.69, 9.17) is 4.74 Å². The van der Waals surface area contributed by atoms with Gasteiger partial charge in [-0.2, -0.15) is 13.2 Å². The molecule has 1 N–H and O–H groups in total. The number of halogens is 3. The van der Waals surface area contributed by atoms with Crippen molar-refractivity contribution in [3.63, 3.8) is 0 Å². The zero-order valence-electron chi connectivity index (χ0n) is 13.6. The van der Waals surface area contributed by atoms with E-state index in [0.717, 1.165) is 17.7 Å². The molecule has 0 amide bonds. The lowest BCUT2D eigenvalue weighted by atomic mass is 9.93. The smallest absolute Gasteiger partial charge is 0.388 e. The van der Waals surface area contributed by atoms with Crippen LogP contribution in [0, 0.1) is 0 Å². The minimum absolute atomic E-state index is 0.0886. The van der Waals surface area contributed by atoms with E-state index in [1.54, 1.807) is 0 Å². The molecular formula is C17H24F3NO2. The first-order valence-electron chi connectivity index (χ1n) is 7.85. The summed E-state index contributed by atoms with van der Waals surface area (Å²) in [5, 5.41) is 10.5. The highest BCUT2D eigenvalue weighted by atomic mass is 19.4. The molecule has 3 nitrogen and oxygen atoms in total. The van der Waals surface area contributed by atoms with E-state index in [-0.39, 0.29) is 5.92 Å². The molecule has 0 aromatic heterocycles. The first-order valence-corrected chi connectivity index (χ1v) is 7.85. The normalized spacial score (nSPS) is 19.8. The highest BCUT2D eigenvalue weighted by Crippen LogP contribution is 2.30. The average Bonchev–Trinajstić information content (AvgIpc) is 2.46. The Hall–Kier alpha value is -1.11. The summed E-state index contributed by atoms with van der Waals surface area (Å²) in [6.45, 7) is 4.33. The molecule has 1 aliphatic heterocycles. The molecule has 1 aromatic carbocycles. The molecule has 1 aliphatic rings. The fraction of sp³-hybridized carbons (Fsp3) is 0.647. The van der Waals surface area contributed by atoms with Gasteiger partial charge in [0.15, 0.2) is 0 Å². The highest BCUT2D eigenvalue weighted by Gasteiger charge is 2.32. The first kappa shape index (κ1) is 18.2. The van der Waals surface area contributed by atoms with Crippen LogP contribution >= 0.6 is 0 Å². The Morgan fingerprint density at radius 1 is 1.22 bits per heavy atom. The van der Waals surface area contributed by atoms with Crippen LogP contribution in [0.1, 0.15) is 36.8 Å². The van der Waals surface area contributed by atoms with Gasteiger partial charge in [0.25, 0.3) is 0 Å². The van der Waals surface area contributed by atoms with E-state index >= 15 is 0 Å². The van der Waals surface area contributed by atoms with Crippen molar-refractivity contribution in [1.82, 2.24) is 4.90 Å². The maximum absolute atomic E-state index is 12.6. The number of hydrogen-bond donors (Lipinski definition) is 1. The Balaban J connectivity index is 1.91. The Kier molecular flexibility index (Phi) is 5.70. The molecule has 1 saturated heterocycles. The van der Waals surface area contributed by atoms with Crippen LogP contribution in [0.4, 0.5) is 13.2 Å². The fourth-order valence-corrected chi connectivity index (χ4v) is 3.05. The van der Waals surface area contributed by atoms with Crippen molar-refractivity contribution < 1.29 is 23.0 Å². The van der Waals surface area contributed by atoms with E-state index in [9.17, 15) is 18.3 Å². The van der Waals surface area contributed by atoms with Gasteiger partial charge in [-0.05, 0) is 30.7 Å². The summed E-state index contributed by atoms with van der Waals surface area (Å²) in [5.41, 5.74) is -0.491. The molecule has 1 aromatic rings. The first-order chi connectivity index (χ1) is 10.7. The van der Waals surface area contributed by atoms with E-state index < -0.39 is 17.3 Å². The van der Waals surface area contributed by atoms with Crippen molar-refractivity contribution in [3.05, 3.63) is 35.4 Å². The molecule has 1 heterocycles. The van der Waals surface area contributed by atoms with Gasteiger partial charge in [-0.15, -0.1) is 0 Å². The van der Waals surface area contributed by atoms with Crippen LogP contribution in [0.15, 0.2) is 24.3 Å². The van der Waals surface area contributed by atoms with Crippen molar-refractivity contribution in [2.75, 3.05) is 33.4 Å². The second-order valence-corrected chi connectivity index (χ2v) is 6.55. The Labute approximate surface area is 135 Å². The van der Waals surface area contributed by atoms with Crippen LogP contribution in [0.2, 0.25) is 0 Å². The van der Waals surface area contributed by atoms with Gasteiger partial charge >= 0.3 is 6.18 Å². The summed E-state index contributed by atoms with van der Waals surface area (Å²) >= 11 is 0. The van der Waals surface area contributed by atoms with Gasteiger partial charge in [-0.25, -0.2) is 0 Å². The molecule has 1 fully saturated rings. The van der Waals surface area contributed by atoms with Crippen LogP contribution < -0.4 is 0 Å². The molecule has 1 unspecified atom stereocenters. The van der Waals surface area contributed by atoms with Crippen molar-refractivity contribution in [2.24, 2.45) is 0 Å². The summed E-state index contributed by atoms with van der Waals surface area (Å²) in [5.74, 6) is 0.0886. The monoisotopic (exact) mass is 331 g/mol. The summed E-state index contributed by atoms with van der Waals surface area (Å²) in [6.07, 6.45) is -3.07.